The smallest absolute Gasteiger partial charge is 0.339 e. The normalized spacial score (nSPS) is 15.7. The van der Waals surface area contributed by atoms with E-state index < -0.39 is 22.0 Å². The Morgan fingerprint density at radius 3 is 2.21 bits per heavy atom. The van der Waals surface area contributed by atoms with E-state index in [0.717, 1.165) is 13.2 Å². The number of carbonyl (C=O) groups excluding carboxylic acids is 3. The highest BCUT2D eigenvalue weighted by atomic mass is 32.2. The second kappa shape index (κ2) is 9.16. The molecule has 1 aliphatic heterocycles. The van der Waals surface area contributed by atoms with Crippen LogP contribution in [0.4, 0.5) is 0 Å². The van der Waals surface area contributed by atoms with Crippen molar-refractivity contribution in [3.8, 4) is 0 Å². The molecule has 10 heteroatoms. The van der Waals surface area contributed by atoms with Crippen molar-refractivity contribution in [1.29, 1.82) is 0 Å². The van der Waals surface area contributed by atoms with Gasteiger partial charge >= 0.3 is 17.9 Å². The molecule has 28 heavy (non-hydrogen) atoms. The third-order valence-corrected chi connectivity index (χ3v) is 6.44. The minimum absolute atomic E-state index is 0.00450. The van der Waals surface area contributed by atoms with Crippen LogP contribution in [-0.4, -0.2) is 64.5 Å². The van der Waals surface area contributed by atoms with Crippen LogP contribution in [0.1, 0.15) is 40.5 Å². The molecule has 0 amide bonds. The Morgan fingerprint density at radius 2 is 1.68 bits per heavy atom. The molecular formula is C18H23NO8S. The maximum atomic E-state index is 13.1. The number of methoxy groups -OCH3 is 2. The highest BCUT2D eigenvalue weighted by molar-refractivity contribution is 7.89. The first kappa shape index (κ1) is 21.8. The van der Waals surface area contributed by atoms with Gasteiger partial charge in [0.25, 0.3) is 0 Å². The van der Waals surface area contributed by atoms with Crippen molar-refractivity contribution in [2.45, 2.75) is 24.7 Å². The molecule has 1 saturated heterocycles. The Bertz CT molecular complexity index is 856. The van der Waals surface area contributed by atoms with Gasteiger partial charge in [0, 0.05) is 13.1 Å². The monoisotopic (exact) mass is 413 g/mol. The van der Waals surface area contributed by atoms with E-state index in [4.69, 9.17) is 4.74 Å². The third-order valence-electron chi connectivity index (χ3n) is 4.50. The van der Waals surface area contributed by atoms with Crippen LogP contribution >= 0.6 is 0 Å². The topological polar surface area (TPSA) is 116 Å². The van der Waals surface area contributed by atoms with Crippen molar-refractivity contribution in [3.63, 3.8) is 0 Å². The largest absolute Gasteiger partial charge is 0.466 e. The van der Waals surface area contributed by atoms with E-state index in [1.165, 1.54) is 23.5 Å². The predicted molar refractivity (Wildman–Crippen MR) is 97.2 cm³/mol. The maximum Gasteiger partial charge on any atom is 0.339 e. The summed E-state index contributed by atoms with van der Waals surface area (Å²) in [5.41, 5.74) is -0.183. The molecule has 0 saturated carbocycles. The standard InChI is InChI=1S/C18H23NO8S/c1-4-27-17(21)12-7-9-19(10-8-12)28(23,24)15-11-13(16(20)25-2)5-6-14(15)18(22)26-3/h5-6,11-12H,4,7-10H2,1-3H3. The molecule has 154 valence electrons. The van der Waals surface area contributed by atoms with Crippen LogP contribution in [0.25, 0.3) is 0 Å². The molecule has 0 N–H and O–H groups in total. The summed E-state index contributed by atoms with van der Waals surface area (Å²) < 4.78 is 41.7. The van der Waals surface area contributed by atoms with E-state index in [9.17, 15) is 22.8 Å². The summed E-state index contributed by atoms with van der Waals surface area (Å²) in [6, 6.07) is 3.62. The Hall–Kier alpha value is -2.46. The average Bonchev–Trinajstić information content (AvgIpc) is 2.72. The van der Waals surface area contributed by atoms with Gasteiger partial charge in [-0.25, -0.2) is 18.0 Å². The number of rotatable bonds is 6. The van der Waals surface area contributed by atoms with Crippen molar-refractivity contribution in [2.24, 2.45) is 5.92 Å². The quantitative estimate of drug-likeness (QED) is 0.505. The number of benzene rings is 1. The second-order valence-corrected chi connectivity index (χ2v) is 8.03. The van der Waals surface area contributed by atoms with Gasteiger partial charge in [0.2, 0.25) is 10.0 Å². The first-order valence-electron chi connectivity index (χ1n) is 8.73. The van der Waals surface area contributed by atoms with Gasteiger partial charge in [-0.2, -0.15) is 4.31 Å². The first-order valence-corrected chi connectivity index (χ1v) is 10.2. The Balaban J connectivity index is 2.35. The zero-order valence-corrected chi connectivity index (χ0v) is 16.8. The molecule has 1 fully saturated rings. The van der Waals surface area contributed by atoms with Crippen molar-refractivity contribution >= 4 is 27.9 Å². The molecule has 0 aromatic heterocycles. The van der Waals surface area contributed by atoms with E-state index in [1.54, 1.807) is 6.92 Å². The number of hydrogen-bond acceptors (Lipinski definition) is 8. The van der Waals surface area contributed by atoms with E-state index in [1.807, 2.05) is 0 Å². The van der Waals surface area contributed by atoms with Gasteiger partial charge in [-0.05, 0) is 38.0 Å². The number of hydrogen-bond donors (Lipinski definition) is 0. The van der Waals surface area contributed by atoms with Crippen LogP contribution in [0.15, 0.2) is 23.1 Å². The van der Waals surface area contributed by atoms with Crippen LogP contribution < -0.4 is 0 Å². The fourth-order valence-corrected chi connectivity index (χ4v) is 4.67. The second-order valence-electron chi connectivity index (χ2n) is 6.12. The van der Waals surface area contributed by atoms with E-state index in [2.05, 4.69) is 9.47 Å². The summed E-state index contributed by atoms with van der Waals surface area (Å²) in [6.07, 6.45) is 0.616. The van der Waals surface area contributed by atoms with Gasteiger partial charge in [0.1, 0.15) is 0 Å². The summed E-state index contributed by atoms with van der Waals surface area (Å²) in [7, 11) is -1.79. The summed E-state index contributed by atoms with van der Waals surface area (Å²) >= 11 is 0. The fourth-order valence-electron chi connectivity index (χ4n) is 2.99. The number of carbonyl (C=O) groups is 3. The van der Waals surface area contributed by atoms with Crippen LogP contribution in [0.2, 0.25) is 0 Å². The summed E-state index contributed by atoms with van der Waals surface area (Å²) in [5, 5.41) is 0. The van der Waals surface area contributed by atoms with Gasteiger partial charge in [-0.15, -0.1) is 0 Å². The lowest BCUT2D eigenvalue weighted by Gasteiger charge is -2.30. The fraction of sp³-hybridized carbons (Fsp3) is 0.500. The lowest BCUT2D eigenvalue weighted by molar-refractivity contribution is -0.149. The molecule has 1 aromatic rings. The SMILES string of the molecule is CCOC(=O)C1CCN(S(=O)(=O)c2cc(C(=O)OC)ccc2C(=O)OC)CC1. The van der Waals surface area contributed by atoms with E-state index >= 15 is 0 Å². The Labute approximate surface area is 163 Å². The van der Waals surface area contributed by atoms with Gasteiger partial charge < -0.3 is 14.2 Å². The van der Waals surface area contributed by atoms with Crippen molar-refractivity contribution < 1.29 is 37.0 Å². The Kier molecular flexibility index (Phi) is 7.14. The van der Waals surface area contributed by atoms with Crippen molar-refractivity contribution in [2.75, 3.05) is 33.9 Å². The number of esters is 3. The van der Waals surface area contributed by atoms with E-state index in [0.29, 0.717) is 12.8 Å². The number of sulfonamides is 1. The van der Waals surface area contributed by atoms with Crippen molar-refractivity contribution in [3.05, 3.63) is 29.3 Å². The van der Waals surface area contributed by atoms with Gasteiger partial charge in [0.05, 0.1) is 42.8 Å². The molecule has 1 heterocycles. The summed E-state index contributed by atoms with van der Waals surface area (Å²) in [6.45, 7) is 2.16. The average molecular weight is 413 g/mol. The van der Waals surface area contributed by atoms with Gasteiger partial charge in [-0.3, -0.25) is 4.79 Å². The van der Waals surface area contributed by atoms with Crippen LogP contribution in [0, 0.1) is 5.92 Å². The third kappa shape index (κ3) is 4.50. The lowest BCUT2D eigenvalue weighted by atomic mass is 9.98. The number of piperidine rings is 1. The maximum absolute atomic E-state index is 13.1. The molecule has 0 atom stereocenters. The zero-order chi connectivity index (χ0) is 20.9. The van der Waals surface area contributed by atoms with Crippen LogP contribution in [-0.2, 0) is 29.0 Å². The van der Waals surface area contributed by atoms with Crippen LogP contribution in [0.3, 0.4) is 0 Å². The number of nitrogens with zero attached hydrogens (tertiary/aromatic N) is 1. The number of ether oxygens (including phenoxy) is 3. The summed E-state index contributed by atoms with van der Waals surface area (Å²) in [4.78, 5) is 35.4. The zero-order valence-electron chi connectivity index (χ0n) is 16.0. The highest BCUT2D eigenvalue weighted by Gasteiger charge is 2.35. The molecule has 0 unspecified atom stereocenters. The summed E-state index contributed by atoms with van der Waals surface area (Å²) in [5.74, 6) is -2.28. The molecule has 1 aromatic carbocycles. The minimum atomic E-state index is -4.10. The molecule has 9 nitrogen and oxygen atoms in total. The predicted octanol–water partition coefficient (Wildman–Crippen LogP) is 1.22. The van der Waals surface area contributed by atoms with Gasteiger partial charge in [0.15, 0.2) is 0 Å². The molecule has 1 aliphatic rings. The molecule has 2 rings (SSSR count). The minimum Gasteiger partial charge on any atom is -0.466 e. The highest BCUT2D eigenvalue weighted by Crippen LogP contribution is 2.28. The molecule has 0 radical (unpaired) electrons. The van der Waals surface area contributed by atoms with E-state index in [-0.39, 0.29) is 47.6 Å². The first-order chi connectivity index (χ1) is 13.3. The Morgan fingerprint density at radius 1 is 1.07 bits per heavy atom. The lowest BCUT2D eigenvalue weighted by Crippen LogP contribution is -2.41. The molecule has 0 aliphatic carbocycles. The van der Waals surface area contributed by atoms with Crippen molar-refractivity contribution in [1.82, 2.24) is 4.31 Å². The van der Waals surface area contributed by atoms with Crippen LogP contribution in [0.5, 0.6) is 0 Å². The molecular weight excluding hydrogens is 390 g/mol. The molecule has 0 bridgehead atoms. The molecule has 0 spiro atoms. The van der Waals surface area contributed by atoms with Gasteiger partial charge in [-0.1, -0.05) is 0 Å².